The largest absolute Gasteiger partial charge is 0.453 e. The van der Waals surface area contributed by atoms with E-state index in [1.807, 2.05) is 0 Å². The van der Waals surface area contributed by atoms with Crippen molar-refractivity contribution < 1.29 is 18.8 Å². The normalized spacial score (nSPS) is 17.2. The number of para-hydroxylation sites is 1. The Morgan fingerprint density at radius 1 is 1.36 bits per heavy atom. The van der Waals surface area contributed by atoms with Crippen LogP contribution < -0.4 is 5.32 Å². The molecule has 25 heavy (non-hydrogen) atoms. The molecular weight excluding hydrogens is 346 g/mol. The molecule has 1 aromatic heterocycles. The van der Waals surface area contributed by atoms with Gasteiger partial charge in [-0.05, 0) is 31.4 Å². The number of nitrogens with zero attached hydrogens (tertiary/aromatic N) is 2. The number of anilines is 1. The molecule has 1 fully saturated rings. The van der Waals surface area contributed by atoms with E-state index in [0.717, 1.165) is 19.3 Å². The number of rotatable bonds is 3. The van der Waals surface area contributed by atoms with Crippen LogP contribution in [-0.2, 0) is 4.74 Å². The van der Waals surface area contributed by atoms with E-state index in [4.69, 9.17) is 20.9 Å². The van der Waals surface area contributed by atoms with Crippen molar-refractivity contribution in [2.75, 3.05) is 19.0 Å². The molecule has 1 aromatic carbocycles. The predicted molar refractivity (Wildman–Crippen MR) is 91.6 cm³/mol. The molecular formula is C17H18ClN3O4. The maximum absolute atomic E-state index is 12.3. The number of ether oxygens (including phenoxy) is 1. The van der Waals surface area contributed by atoms with Crippen molar-refractivity contribution in [1.82, 2.24) is 10.1 Å². The molecule has 2 heterocycles. The summed E-state index contributed by atoms with van der Waals surface area (Å²) in [6, 6.07) is 8.19. The SMILES string of the molecule is COC(=O)N1CCCCC1c1cc(C(=O)Nc2ccccc2Cl)no1. The zero-order valence-corrected chi connectivity index (χ0v) is 14.5. The average Bonchev–Trinajstić information content (AvgIpc) is 3.13. The molecule has 0 saturated carbocycles. The number of hydrogen-bond acceptors (Lipinski definition) is 5. The summed E-state index contributed by atoms with van der Waals surface area (Å²) < 4.78 is 10.1. The summed E-state index contributed by atoms with van der Waals surface area (Å²) in [6.07, 6.45) is 2.18. The Labute approximate surface area is 149 Å². The first kappa shape index (κ1) is 17.3. The number of halogens is 1. The molecule has 2 aromatic rings. The van der Waals surface area contributed by atoms with Gasteiger partial charge in [0.25, 0.3) is 5.91 Å². The summed E-state index contributed by atoms with van der Waals surface area (Å²) in [7, 11) is 1.34. The minimum Gasteiger partial charge on any atom is -0.453 e. The van der Waals surface area contributed by atoms with E-state index in [1.165, 1.54) is 7.11 Å². The lowest BCUT2D eigenvalue weighted by atomic mass is 10.0. The topological polar surface area (TPSA) is 84.7 Å². The highest BCUT2D eigenvalue weighted by Crippen LogP contribution is 2.32. The third-order valence-corrected chi connectivity index (χ3v) is 4.45. The van der Waals surface area contributed by atoms with Crippen LogP contribution in [0.5, 0.6) is 0 Å². The van der Waals surface area contributed by atoms with Crippen LogP contribution in [-0.4, -0.2) is 35.7 Å². The molecule has 1 aliphatic rings. The number of aromatic nitrogens is 1. The Bertz CT molecular complexity index is 777. The van der Waals surface area contributed by atoms with Crippen LogP contribution in [0.2, 0.25) is 5.02 Å². The molecule has 8 heteroatoms. The Morgan fingerprint density at radius 3 is 2.92 bits per heavy atom. The van der Waals surface area contributed by atoms with E-state index in [9.17, 15) is 9.59 Å². The standard InChI is InChI=1S/C17H18ClN3O4/c1-24-17(23)21-9-5-4-8-14(21)15-10-13(20-25-15)16(22)19-12-7-3-2-6-11(12)18/h2-3,6-7,10,14H,4-5,8-9H2,1H3,(H,19,22). The Hall–Kier alpha value is -2.54. The van der Waals surface area contributed by atoms with Crippen LogP contribution in [0.4, 0.5) is 10.5 Å². The summed E-state index contributed by atoms with van der Waals surface area (Å²) in [5.74, 6) is 0.0398. The smallest absolute Gasteiger partial charge is 0.410 e. The van der Waals surface area contributed by atoms with E-state index in [-0.39, 0.29) is 11.7 Å². The first-order chi connectivity index (χ1) is 12.1. The molecule has 0 aliphatic carbocycles. The van der Waals surface area contributed by atoms with Crippen LogP contribution in [0.3, 0.4) is 0 Å². The Morgan fingerprint density at radius 2 is 2.16 bits per heavy atom. The first-order valence-corrected chi connectivity index (χ1v) is 8.35. The number of benzene rings is 1. The zero-order valence-electron chi connectivity index (χ0n) is 13.7. The van der Waals surface area contributed by atoms with Crippen LogP contribution in [0.25, 0.3) is 0 Å². The van der Waals surface area contributed by atoms with Gasteiger partial charge in [0.1, 0.15) is 0 Å². The Balaban J connectivity index is 1.76. The lowest BCUT2D eigenvalue weighted by Gasteiger charge is -2.32. The molecule has 1 unspecified atom stereocenters. The second-order valence-electron chi connectivity index (χ2n) is 5.72. The van der Waals surface area contributed by atoms with Gasteiger partial charge < -0.3 is 14.6 Å². The molecule has 132 valence electrons. The minimum absolute atomic E-state index is 0.130. The van der Waals surface area contributed by atoms with Crippen molar-refractivity contribution in [3.8, 4) is 0 Å². The molecule has 0 spiro atoms. The number of piperidine rings is 1. The maximum Gasteiger partial charge on any atom is 0.410 e. The van der Waals surface area contributed by atoms with E-state index < -0.39 is 12.0 Å². The van der Waals surface area contributed by atoms with Gasteiger partial charge in [-0.2, -0.15) is 0 Å². The summed E-state index contributed by atoms with van der Waals surface area (Å²) in [5, 5.41) is 6.95. The van der Waals surface area contributed by atoms with Gasteiger partial charge in [-0.3, -0.25) is 9.69 Å². The summed E-state index contributed by atoms with van der Waals surface area (Å²) >= 11 is 6.04. The first-order valence-electron chi connectivity index (χ1n) is 7.97. The van der Waals surface area contributed by atoms with Crippen molar-refractivity contribution in [2.24, 2.45) is 0 Å². The van der Waals surface area contributed by atoms with Gasteiger partial charge in [-0.1, -0.05) is 28.9 Å². The number of carbonyl (C=O) groups is 2. The van der Waals surface area contributed by atoms with E-state index in [1.54, 1.807) is 35.2 Å². The minimum atomic E-state index is -0.427. The number of likely N-dealkylation sites (tertiary alicyclic amines) is 1. The van der Waals surface area contributed by atoms with Crippen molar-refractivity contribution in [2.45, 2.75) is 25.3 Å². The molecule has 0 radical (unpaired) electrons. The lowest BCUT2D eigenvalue weighted by Crippen LogP contribution is -2.38. The molecule has 0 bridgehead atoms. The number of methoxy groups -OCH3 is 1. The fourth-order valence-corrected chi connectivity index (χ4v) is 3.05. The number of nitrogens with one attached hydrogen (secondary N) is 1. The molecule has 3 rings (SSSR count). The highest BCUT2D eigenvalue weighted by molar-refractivity contribution is 6.33. The van der Waals surface area contributed by atoms with Crippen LogP contribution >= 0.6 is 11.6 Å². The third-order valence-electron chi connectivity index (χ3n) is 4.12. The van der Waals surface area contributed by atoms with Crippen LogP contribution in [0.15, 0.2) is 34.9 Å². The van der Waals surface area contributed by atoms with Crippen LogP contribution in [0.1, 0.15) is 41.6 Å². The fraction of sp³-hybridized carbons (Fsp3) is 0.353. The van der Waals surface area contributed by atoms with Crippen molar-refractivity contribution >= 4 is 29.3 Å². The van der Waals surface area contributed by atoms with Crippen molar-refractivity contribution in [3.05, 3.63) is 46.8 Å². The van der Waals surface area contributed by atoms with Crippen molar-refractivity contribution in [3.63, 3.8) is 0 Å². The van der Waals surface area contributed by atoms with Gasteiger partial charge in [-0.25, -0.2) is 4.79 Å². The highest BCUT2D eigenvalue weighted by atomic mass is 35.5. The van der Waals surface area contributed by atoms with E-state index >= 15 is 0 Å². The fourth-order valence-electron chi connectivity index (χ4n) is 2.87. The highest BCUT2D eigenvalue weighted by Gasteiger charge is 2.32. The molecule has 1 saturated heterocycles. The average molecular weight is 364 g/mol. The monoisotopic (exact) mass is 363 g/mol. The third kappa shape index (κ3) is 3.76. The number of carbonyl (C=O) groups excluding carboxylic acids is 2. The van der Waals surface area contributed by atoms with Gasteiger partial charge in [0.05, 0.1) is 23.9 Å². The summed E-state index contributed by atoms with van der Waals surface area (Å²) in [5.41, 5.74) is 0.623. The summed E-state index contributed by atoms with van der Waals surface area (Å²) in [6.45, 7) is 0.583. The van der Waals surface area contributed by atoms with E-state index in [0.29, 0.717) is 23.0 Å². The van der Waals surface area contributed by atoms with Crippen LogP contribution in [0, 0.1) is 0 Å². The summed E-state index contributed by atoms with van der Waals surface area (Å²) in [4.78, 5) is 25.9. The zero-order chi connectivity index (χ0) is 17.8. The quantitative estimate of drug-likeness (QED) is 0.894. The second kappa shape index (κ2) is 7.57. The molecule has 1 N–H and O–H groups in total. The Kier molecular flexibility index (Phi) is 5.23. The van der Waals surface area contributed by atoms with E-state index in [2.05, 4.69) is 10.5 Å². The maximum atomic E-state index is 12.3. The molecule has 2 amide bonds. The number of amides is 2. The molecule has 1 atom stereocenters. The predicted octanol–water partition coefficient (Wildman–Crippen LogP) is 3.87. The lowest BCUT2D eigenvalue weighted by molar-refractivity contribution is 0.0800. The van der Waals surface area contributed by atoms with Gasteiger partial charge in [0.2, 0.25) is 0 Å². The molecule has 1 aliphatic heterocycles. The van der Waals surface area contributed by atoms with Gasteiger partial charge >= 0.3 is 6.09 Å². The molecule has 7 nitrogen and oxygen atoms in total. The van der Waals surface area contributed by atoms with Crippen molar-refractivity contribution in [1.29, 1.82) is 0 Å². The van der Waals surface area contributed by atoms with Gasteiger partial charge in [0, 0.05) is 12.6 Å². The number of hydrogen-bond donors (Lipinski definition) is 1. The van der Waals surface area contributed by atoms with Gasteiger partial charge in [0.15, 0.2) is 11.5 Å². The van der Waals surface area contributed by atoms with Gasteiger partial charge in [-0.15, -0.1) is 0 Å². The second-order valence-corrected chi connectivity index (χ2v) is 6.13.